The summed E-state index contributed by atoms with van der Waals surface area (Å²) in [5, 5.41) is 0. The Bertz CT molecular complexity index is 998. The lowest BCUT2D eigenvalue weighted by Crippen LogP contribution is -2.52. The van der Waals surface area contributed by atoms with E-state index < -0.39 is 10.0 Å². The zero-order valence-electron chi connectivity index (χ0n) is 18.0. The summed E-state index contributed by atoms with van der Waals surface area (Å²) in [4.78, 5) is 21.8. The Balaban J connectivity index is 1.44. The van der Waals surface area contributed by atoms with E-state index in [1.807, 2.05) is 4.90 Å². The van der Waals surface area contributed by atoms with Gasteiger partial charge in [0.25, 0.3) is 15.9 Å². The lowest BCUT2D eigenvalue weighted by Gasteiger charge is -2.40. The molecule has 1 amide bonds. The standard InChI is InChI=1S/C23H30N4O3S/c1-25(31(29,30)22-10-6-3-7-11-22)21-16-19(17-24-18-21)23(28)27-14-12-26(13-15-27)20-8-4-2-5-9-20/h3,6-7,10-11,16-18,20H,2,4-5,8-9,12-15H2,1H3. The van der Waals surface area contributed by atoms with E-state index in [1.54, 1.807) is 36.4 Å². The van der Waals surface area contributed by atoms with Crippen molar-refractivity contribution in [2.45, 2.75) is 43.0 Å². The number of carbonyl (C=O) groups is 1. The predicted octanol–water partition coefficient (Wildman–Crippen LogP) is 3.00. The van der Waals surface area contributed by atoms with Crippen molar-refractivity contribution in [3.8, 4) is 0 Å². The highest BCUT2D eigenvalue weighted by molar-refractivity contribution is 7.92. The molecule has 8 heteroatoms. The van der Waals surface area contributed by atoms with Crippen LogP contribution in [0.1, 0.15) is 42.5 Å². The van der Waals surface area contributed by atoms with E-state index in [2.05, 4.69) is 9.88 Å². The van der Waals surface area contributed by atoms with Crippen molar-refractivity contribution >= 4 is 21.6 Å². The molecular formula is C23H30N4O3S. The molecule has 1 aliphatic heterocycles. The van der Waals surface area contributed by atoms with Crippen molar-refractivity contribution < 1.29 is 13.2 Å². The fourth-order valence-corrected chi connectivity index (χ4v) is 5.72. The molecule has 2 aliphatic rings. The Morgan fingerprint density at radius 2 is 1.68 bits per heavy atom. The number of hydrogen-bond acceptors (Lipinski definition) is 5. The zero-order chi connectivity index (χ0) is 21.8. The summed E-state index contributed by atoms with van der Waals surface area (Å²) in [5.74, 6) is -0.0943. The van der Waals surface area contributed by atoms with Gasteiger partial charge in [0.2, 0.25) is 0 Å². The maximum atomic E-state index is 13.1. The van der Waals surface area contributed by atoms with Gasteiger partial charge in [0.15, 0.2) is 0 Å². The van der Waals surface area contributed by atoms with Gasteiger partial charge in [0.05, 0.1) is 22.3 Å². The van der Waals surface area contributed by atoms with Crippen molar-refractivity contribution in [1.29, 1.82) is 0 Å². The van der Waals surface area contributed by atoms with Crippen LogP contribution in [0.5, 0.6) is 0 Å². The van der Waals surface area contributed by atoms with Crippen LogP contribution >= 0.6 is 0 Å². The summed E-state index contributed by atoms with van der Waals surface area (Å²) in [6.45, 7) is 3.17. The summed E-state index contributed by atoms with van der Waals surface area (Å²) in [5.41, 5.74) is 0.786. The van der Waals surface area contributed by atoms with E-state index in [9.17, 15) is 13.2 Å². The number of amides is 1. The lowest BCUT2D eigenvalue weighted by atomic mass is 9.94. The first-order valence-corrected chi connectivity index (χ1v) is 12.4. The van der Waals surface area contributed by atoms with E-state index in [0.717, 1.165) is 13.1 Å². The minimum absolute atomic E-state index is 0.0943. The van der Waals surface area contributed by atoms with Crippen LogP contribution in [0, 0.1) is 0 Å². The average molecular weight is 443 g/mol. The largest absolute Gasteiger partial charge is 0.336 e. The molecule has 7 nitrogen and oxygen atoms in total. The monoisotopic (exact) mass is 442 g/mol. The van der Waals surface area contributed by atoms with Gasteiger partial charge < -0.3 is 4.90 Å². The number of anilines is 1. The van der Waals surface area contributed by atoms with E-state index in [4.69, 9.17) is 0 Å². The van der Waals surface area contributed by atoms with Crippen LogP contribution in [-0.2, 0) is 10.0 Å². The third kappa shape index (κ3) is 4.75. The van der Waals surface area contributed by atoms with Crippen LogP contribution in [0.15, 0.2) is 53.7 Å². The lowest BCUT2D eigenvalue weighted by molar-refractivity contribution is 0.0523. The summed E-state index contributed by atoms with van der Waals surface area (Å²) in [7, 11) is -2.23. The molecule has 2 heterocycles. The third-order valence-corrected chi connectivity index (χ3v) is 8.23. The fraction of sp³-hybridized carbons (Fsp3) is 0.478. The van der Waals surface area contributed by atoms with Crippen molar-refractivity contribution in [3.63, 3.8) is 0 Å². The number of carbonyl (C=O) groups excluding carboxylic acids is 1. The Morgan fingerprint density at radius 1 is 1.00 bits per heavy atom. The van der Waals surface area contributed by atoms with Gasteiger partial charge in [-0.25, -0.2) is 8.42 Å². The van der Waals surface area contributed by atoms with Crippen LogP contribution in [0.3, 0.4) is 0 Å². The molecule has 1 aromatic heterocycles. The summed E-state index contributed by atoms with van der Waals surface area (Å²) in [6, 6.07) is 10.5. The SMILES string of the molecule is CN(c1cncc(C(=O)N2CCN(C3CCCCC3)CC2)c1)S(=O)(=O)c1ccccc1. The number of sulfonamides is 1. The number of nitrogens with zero attached hydrogens (tertiary/aromatic N) is 4. The van der Waals surface area contributed by atoms with E-state index in [0.29, 0.717) is 30.4 Å². The van der Waals surface area contributed by atoms with Crippen LogP contribution in [0.2, 0.25) is 0 Å². The Hall–Kier alpha value is -2.45. The van der Waals surface area contributed by atoms with Crippen LogP contribution < -0.4 is 4.31 Å². The van der Waals surface area contributed by atoms with Crippen molar-refractivity contribution in [3.05, 3.63) is 54.4 Å². The van der Waals surface area contributed by atoms with E-state index >= 15 is 0 Å². The summed E-state index contributed by atoms with van der Waals surface area (Å²) >= 11 is 0. The number of hydrogen-bond donors (Lipinski definition) is 0. The number of benzene rings is 1. The molecule has 1 saturated heterocycles. The highest BCUT2D eigenvalue weighted by atomic mass is 32.2. The van der Waals surface area contributed by atoms with Gasteiger partial charge >= 0.3 is 0 Å². The molecule has 0 atom stereocenters. The number of rotatable bonds is 5. The molecule has 0 radical (unpaired) electrons. The molecule has 166 valence electrons. The molecule has 1 saturated carbocycles. The summed E-state index contributed by atoms with van der Waals surface area (Å²) in [6.07, 6.45) is 9.47. The predicted molar refractivity (Wildman–Crippen MR) is 121 cm³/mol. The molecular weight excluding hydrogens is 412 g/mol. The maximum absolute atomic E-state index is 13.1. The number of piperazine rings is 1. The number of aromatic nitrogens is 1. The van der Waals surface area contributed by atoms with E-state index in [-0.39, 0.29) is 10.8 Å². The second-order valence-electron chi connectivity index (χ2n) is 8.34. The van der Waals surface area contributed by atoms with Gasteiger partial charge in [-0.05, 0) is 31.0 Å². The van der Waals surface area contributed by atoms with Gasteiger partial charge in [-0.1, -0.05) is 37.5 Å². The van der Waals surface area contributed by atoms with Crippen LogP contribution in [0.25, 0.3) is 0 Å². The second kappa shape index (κ2) is 9.36. The first-order chi connectivity index (χ1) is 15.0. The summed E-state index contributed by atoms with van der Waals surface area (Å²) < 4.78 is 27.0. The molecule has 4 rings (SSSR count). The highest BCUT2D eigenvalue weighted by Gasteiger charge is 2.28. The molecule has 0 unspecified atom stereocenters. The molecule has 31 heavy (non-hydrogen) atoms. The van der Waals surface area contributed by atoms with Crippen molar-refractivity contribution in [2.75, 3.05) is 37.5 Å². The molecule has 0 spiro atoms. The Labute approximate surface area is 184 Å². The first kappa shape index (κ1) is 21.8. The highest BCUT2D eigenvalue weighted by Crippen LogP contribution is 2.25. The van der Waals surface area contributed by atoms with Gasteiger partial charge in [-0.15, -0.1) is 0 Å². The quantitative estimate of drug-likeness (QED) is 0.712. The topological polar surface area (TPSA) is 73.8 Å². The average Bonchev–Trinajstić information content (AvgIpc) is 2.84. The Morgan fingerprint density at radius 3 is 2.35 bits per heavy atom. The molecule has 0 N–H and O–H groups in total. The van der Waals surface area contributed by atoms with Gasteiger partial charge in [-0.2, -0.15) is 0 Å². The zero-order valence-corrected chi connectivity index (χ0v) is 18.8. The minimum Gasteiger partial charge on any atom is -0.336 e. The van der Waals surface area contributed by atoms with Gasteiger partial charge in [-0.3, -0.25) is 19.0 Å². The molecule has 1 aromatic carbocycles. The second-order valence-corrected chi connectivity index (χ2v) is 10.3. The van der Waals surface area contributed by atoms with Gasteiger partial charge in [0, 0.05) is 45.5 Å². The molecule has 2 fully saturated rings. The first-order valence-electron chi connectivity index (χ1n) is 11.0. The molecule has 0 bridgehead atoms. The minimum atomic E-state index is -3.72. The Kier molecular flexibility index (Phi) is 6.57. The van der Waals surface area contributed by atoms with Crippen LogP contribution in [0.4, 0.5) is 5.69 Å². The smallest absolute Gasteiger partial charge is 0.264 e. The van der Waals surface area contributed by atoms with E-state index in [1.165, 1.54) is 55.9 Å². The van der Waals surface area contributed by atoms with Crippen molar-refractivity contribution in [1.82, 2.24) is 14.8 Å². The van der Waals surface area contributed by atoms with Gasteiger partial charge in [0.1, 0.15) is 0 Å². The molecule has 1 aliphatic carbocycles. The fourth-order valence-electron chi connectivity index (χ4n) is 4.53. The third-order valence-electron chi connectivity index (χ3n) is 6.43. The van der Waals surface area contributed by atoms with Crippen LogP contribution in [-0.4, -0.2) is 68.4 Å². The number of pyridine rings is 1. The molecule has 2 aromatic rings. The normalized spacial score (nSPS) is 18.7. The maximum Gasteiger partial charge on any atom is 0.264 e. The van der Waals surface area contributed by atoms with Crippen molar-refractivity contribution in [2.24, 2.45) is 0 Å².